The number of carbonyl (C=O) groups excluding carboxylic acids is 2. The van der Waals surface area contributed by atoms with Crippen LogP contribution in [0.2, 0.25) is 0 Å². The zero-order valence-corrected chi connectivity index (χ0v) is 79.6. The summed E-state index contributed by atoms with van der Waals surface area (Å²) in [5.41, 5.74) is 28.9. The Bertz CT molecular complexity index is 8860. The van der Waals surface area contributed by atoms with Crippen LogP contribution in [0, 0.1) is 34.6 Å². The summed E-state index contributed by atoms with van der Waals surface area (Å²) in [5.74, 6) is 1.25. The van der Waals surface area contributed by atoms with E-state index in [1.165, 1.54) is 48.5 Å². The molecule has 30 nitrogen and oxygen atoms in total. The zero-order chi connectivity index (χ0) is 100.0. The number of benzene rings is 8. The molecule has 0 spiro atoms. The van der Waals surface area contributed by atoms with Crippen LogP contribution in [0.4, 0.5) is 34.6 Å². The van der Waals surface area contributed by atoms with Crippen molar-refractivity contribution in [3.05, 3.63) is 322 Å². The third-order valence-corrected chi connectivity index (χ3v) is 24.8. The van der Waals surface area contributed by atoms with Gasteiger partial charge in [0.25, 0.3) is 0 Å². The maximum atomic E-state index is 13.9. The first-order valence-electron chi connectivity index (χ1n) is 47.1. The number of nitrogens with one attached hydrogen (secondary N) is 11. The van der Waals surface area contributed by atoms with Gasteiger partial charge in [-0.25, -0.2) is 37.5 Å². The Morgan fingerprint density at radius 1 is 0.340 bits per heavy atom. The van der Waals surface area contributed by atoms with Crippen molar-refractivity contribution < 1.29 is 27.2 Å². The number of hydrogen-bond acceptors (Lipinski definition) is 20. The number of aromatic nitrogens is 24. The third kappa shape index (κ3) is 21.6. The van der Waals surface area contributed by atoms with Crippen molar-refractivity contribution in [1.82, 2.24) is 125 Å². The van der Waals surface area contributed by atoms with Crippen molar-refractivity contribution in [2.75, 3.05) is 30.0 Å². The number of carbonyl (C=O) groups is 2. The maximum Gasteiger partial charge on any atom is 0.227 e. The van der Waals surface area contributed by atoms with Crippen molar-refractivity contribution in [1.29, 1.82) is 0 Å². The van der Waals surface area contributed by atoms with E-state index in [1.807, 2.05) is 151 Å². The molecule has 0 bridgehead atoms. The molecule has 0 atom stereocenters. The average Bonchev–Trinajstić information content (AvgIpc) is 1.63. The average molecular weight is 2000 g/mol. The SMILES string of the molecule is C.C.C.C.CC(C)(C)CC(=O)Nc1cncc(-c2ccc3[nH]nc(-c4nc5c(-c6cccc(F)c6)cncc5[nH]4)c3c2)c1.CC(C)Nc1cncc(-c2ccc3[nH]nc(-c4nc5c(-c6cccc(F)c6)cncc5[nH]4)c3c2)c1.CN(C)Cc1cncc(-c2ccc3[nH]nc(-c4nc5c(-c6cccc(F)c6)cncc5[nH]4)c3c2)c1.O=C(Nc1cncc(-c2ccc3[nH]nc(-c4nc5c(-c6cccc(F)c6)cncc5[nH]4)c3c2)c1)C1CC1. The number of halogens is 4. The van der Waals surface area contributed by atoms with E-state index in [4.69, 9.17) is 19.9 Å². The summed E-state index contributed by atoms with van der Waals surface area (Å²) >= 11 is 0. The molecule has 0 aliphatic heterocycles. The fourth-order valence-corrected chi connectivity index (χ4v) is 17.9. The summed E-state index contributed by atoms with van der Waals surface area (Å²) < 4.78 is 55.5. The van der Waals surface area contributed by atoms with E-state index >= 15 is 0 Å². The monoisotopic (exact) mass is 2000 g/mol. The van der Waals surface area contributed by atoms with Gasteiger partial charge in [0.15, 0.2) is 23.3 Å². The largest absolute Gasteiger partial charge is 0.382 e. The molecule has 150 heavy (non-hydrogen) atoms. The predicted molar refractivity (Wildman–Crippen MR) is 588 cm³/mol. The maximum absolute atomic E-state index is 13.9. The predicted octanol–water partition coefficient (Wildman–Crippen LogP) is 26.6. The Kier molecular flexibility index (Phi) is 28.9. The molecule has 1 aliphatic rings. The smallest absolute Gasteiger partial charge is 0.227 e. The minimum Gasteiger partial charge on any atom is -0.382 e. The lowest BCUT2D eigenvalue weighted by Gasteiger charge is -2.17. The summed E-state index contributed by atoms with van der Waals surface area (Å²) in [4.78, 5) is 94.1. The normalized spacial score (nSPS) is 11.8. The topological polar surface area (TPSA) is 406 Å². The Morgan fingerprint density at radius 2 is 0.640 bits per heavy atom. The number of amides is 2. The molecule has 1 aliphatic carbocycles. The highest BCUT2D eigenvalue weighted by Crippen LogP contribution is 2.42. The molecule has 24 aromatic rings. The van der Waals surface area contributed by atoms with Crippen molar-refractivity contribution in [3.8, 4) is 135 Å². The number of fused-ring (bicyclic) bond motifs is 8. The lowest BCUT2D eigenvalue weighted by Crippen LogP contribution is -2.19. The molecular weight excluding hydrogens is 1890 g/mol. The first-order valence-corrected chi connectivity index (χ1v) is 47.1. The van der Waals surface area contributed by atoms with Crippen LogP contribution >= 0.6 is 0 Å². The standard InChI is InChI=1S/C30H26FN7O.C28H20FN7O.2C27H22FN7.4CH4/c1-30(2,3)12-26(39)34-21-10-19(13-32-14-21)17-7-8-24-22(11-17)28(38-37-24)29-35-25-16-33-15-23(27(25)36-29)18-5-4-6-20(31)9-18;29-19-3-1-2-17(8-19)22-13-31-14-24-25(22)34-27(33-24)26-21-10-16(6-7-23(21)35-36-26)18-9-20(12-30-11-18)32-28(37)15-4-5-15;1-35(2)15-16-8-19(12-29-11-16)17-6-7-23-21(10-17)26(34-33-23)27-31-24-14-30-13-22(25(24)32-27)18-4-3-5-20(28)9-18;1-15(2)31-20-9-18(11-29-12-20)16-6-7-23-21(10-16)26(35-34-23)27-32-24-14-30-13-22(25(24)33-27)17-4-3-5-19(28)8-17;;;;/h4-11,13-16H,12H2,1-3H3,(H,34,39)(H,35,36)(H,37,38);1-3,6-15H,4-5H2,(H,32,37)(H,33,34)(H,35,36);3-14H,15H2,1-2H3,(H,31,32)(H,33,34);3-15,31H,1-2H3,(H,32,33)(H,34,35);4*1H4. The van der Waals surface area contributed by atoms with E-state index in [0.29, 0.717) is 103 Å². The van der Waals surface area contributed by atoms with Gasteiger partial charge in [0.1, 0.15) is 46.0 Å². The molecule has 34 heteroatoms. The lowest BCUT2D eigenvalue weighted by atomic mass is 9.92. The molecule has 25 rings (SSSR count). The van der Waals surface area contributed by atoms with Gasteiger partial charge in [-0.15, -0.1) is 0 Å². The number of imidazole rings is 4. The van der Waals surface area contributed by atoms with Gasteiger partial charge in [-0.1, -0.05) is 123 Å². The van der Waals surface area contributed by atoms with Crippen LogP contribution in [-0.4, -0.2) is 157 Å². The Labute approximate surface area is 859 Å². The molecule has 0 radical (unpaired) electrons. The molecule has 0 saturated heterocycles. The van der Waals surface area contributed by atoms with E-state index in [-0.39, 0.29) is 76.1 Å². The van der Waals surface area contributed by atoms with Crippen molar-refractivity contribution in [2.45, 2.75) is 96.2 Å². The summed E-state index contributed by atoms with van der Waals surface area (Å²) in [6, 6.07) is 58.3. The fraction of sp³-hybridized carbons (Fsp3) is 0.155. The Hall–Kier alpha value is -18.9. The first-order chi connectivity index (χ1) is 70.9. The number of nitrogens with zero attached hydrogens (tertiary/aromatic N) is 17. The van der Waals surface area contributed by atoms with E-state index < -0.39 is 0 Å². The quantitative estimate of drug-likeness (QED) is 0.0316. The summed E-state index contributed by atoms with van der Waals surface area (Å²) in [6.45, 7) is 11.1. The van der Waals surface area contributed by atoms with Crippen LogP contribution in [0.1, 0.15) is 89.2 Å². The van der Waals surface area contributed by atoms with Gasteiger partial charge in [0, 0.05) is 153 Å². The number of pyridine rings is 8. The van der Waals surface area contributed by atoms with Crippen LogP contribution < -0.4 is 16.0 Å². The van der Waals surface area contributed by atoms with E-state index in [1.54, 1.807) is 98.6 Å². The van der Waals surface area contributed by atoms with Gasteiger partial charge >= 0.3 is 0 Å². The number of hydrogen-bond donors (Lipinski definition) is 11. The highest BCUT2D eigenvalue weighted by Gasteiger charge is 2.31. The van der Waals surface area contributed by atoms with Crippen LogP contribution in [0.25, 0.3) is 223 Å². The Balaban J connectivity index is 0.000000129. The number of H-pyrrole nitrogens is 8. The van der Waals surface area contributed by atoms with Crippen molar-refractivity contribution >= 4 is 117 Å². The molecule has 11 N–H and O–H groups in total. The second kappa shape index (κ2) is 42.8. The van der Waals surface area contributed by atoms with Crippen molar-refractivity contribution in [3.63, 3.8) is 0 Å². The molecule has 16 heterocycles. The van der Waals surface area contributed by atoms with Gasteiger partial charge in [0.2, 0.25) is 11.8 Å². The lowest BCUT2D eigenvalue weighted by molar-refractivity contribution is -0.118. The van der Waals surface area contributed by atoms with E-state index in [2.05, 4.69) is 166 Å². The summed E-state index contributed by atoms with van der Waals surface area (Å²) in [7, 11) is 4.08. The minimum atomic E-state index is -0.321. The van der Waals surface area contributed by atoms with Gasteiger partial charge in [0.05, 0.1) is 120 Å². The van der Waals surface area contributed by atoms with Crippen LogP contribution in [0.15, 0.2) is 293 Å². The van der Waals surface area contributed by atoms with E-state index in [9.17, 15) is 27.2 Å². The fourth-order valence-electron chi connectivity index (χ4n) is 17.9. The van der Waals surface area contributed by atoms with Crippen LogP contribution in [0.5, 0.6) is 0 Å². The van der Waals surface area contributed by atoms with Crippen LogP contribution in [-0.2, 0) is 16.1 Å². The molecule has 8 aromatic carbocycles. The minimum absolute atomic E-state index is 0. The molecule has 0 unspecified atom stereocenters. The molecule has 16 aromatic heterocycles. The van der Waals surface area contributed by atoms with Gasteiger partial charge in [-0.05, 0) is 218 Å². The van der Waals surface area contributed by atoms with Gasteiger partial charge in [-0.3, -0.25) is 69.9 Å². The summed E-state index contributed by atoms with van der Waals surface area (Å²) in [6.07, 6.45) is 30.2. The third-order valence-electron chi connectivity index (χ3n) is 24.8. The van der Waals surface area contributed by atoms with Crippen LogP contribution in [0.3, 0.4) is 0 Å². The molecule has 1 fully saturated rings. The van der Waals surface area contributed by atoms with Crippen molar-refractivity contribution in [2.24, 2.45) is 11.3 Å². The molecule has 750 valence electrons. The first kappa shape index (κ1) is 101. The van der Waals surface area contributed by atoms with E-state index in [0.717, 1.165) is 174 Å². The second-order valence-corrected chi connectivity index (χ2v) is 37.6. The highest BCUT2D eigenvalue weighted by molar-refractivity contribution is 6.04. The molecule has 2 amide bonds. The number of aromatic amines is 8. The number of anilines is 3. The Morgan fingerprint density at radius 3 is 0.947 bits per heavy atom. The molecular formula is C116H106F4N28O2. The highest BCUT2D eigenvalue weighted by atomic mass is 19.1. The van der Waals surface area contributed by atoms with Gasteiger partial charge < -0.3 is 40.8 Å². The van der Waals surface area contributed by atoms with Gasteiger partial charge in [-0.2, -0.15) is 20.4 Å². The second-order valence-electron chi connectivity index (χ2n) is 37.6. The molecule has 1 saturated carbocycles. The number of rotatable bonds is 20. The summed E-state index contributed by atoms with van der Waals surface area (Å²) in [5, 5.41) is 43.4. The zero-order valence-electron chi connectivity index (χ0n) is 79.6.